The van der Waals surface area contributed by atoms with E-state index in [-0.39, 0.29) is 5.82 Å². The molecule has 1 aromatic carbocycles. The molecular weight excluding hydrogens is 225 g/mol. The van der Waals surface area contributed by atoms with Gasteiger partial charge >= 0.3 is 0 Å². The molecule has 0 aliphatic heterocycles. The normalized spacial score (nSPS) is 12.7. The molecule has 2 N–H and O–H groups in total. The molecule has 16 heavy (non-hydrogen) atoms. The van der Waals surface area contributed by atoms with Crippen LogP contribution in [0.4, 0.5) is 4.39 Å². The Morgan fingerprint density at radius 1 is 1.44 bits per heavy atom. The van der Waals surface area contributed by atoms with Crippen LogP contribution in [0.25, 0.3) is 0 Å². The Bertz CT molecular complexity index is 368. The fourth-order valence-electron chi connectivity index (χ4n) is 1.39. The molecule has 1 unspecified atom stereocenters. The average molecular weight is 243 g/mol. The minimum absolute atomic E-state index is 0.298. The monoisotopic (exact) mass is 243 g/mol. The summed E-state index contributed by atoms with van der Waals surface area (Å²) >= 11 is 0. The van der Waals surface area contributed by atoms with Gasteiger partial charge in [-0.15, -0.1) is 0 Å². The van der Waals surface area contributed by atoms with Crippen molar-refractivity contribution in [3.63, 3.8) is 0 Å². The summed E-state index contributed by atoms with van der Waals surface area (Å²) in [6.07, 6.45) is 1.94. The first kappa shape index (κ1) is 13.3. The highest BCUT2D eigenvalue weighted by Crippen LogP contribution is 2.13. The van der Waals surface area contributed by atoms with Gasteiger partial charge in [0.15, 0.2) is 0 Å². The molecule has 0 aliphatic rings. The first-order valence-corrected chi connectivity index (χ1v) is 6.98. The van der Waals surface area contributed by atoms with Crippen LogP contribution in [0, 0.1) is 5.82 Å². The fourth-order valence-corrected chi connectivity index (χ4v) is 2.72. The van der Waals surface area contributed by atoms with E-state index in [0.717, 1.165) is 18.4 Å². The van der Waals surface area contributed by atoms with E-state index < -0.39 is 10.8 Å². The van der Waals surface area contributed by atoms with Crippen LogP contribution < -0.4 is 5.73 Å². The van der Waals surface area contributed by atoms with E-state index in [4.69, 9.17) is 5.73 Å². The van der Waals surface area contributed by atoms with E-state index in [1.807, 2.05) is 6.92 Å². The molecule has 0 bridgehead atoms. The summed E-state index contributed by atoms with van der Waals surface area (Å²) in [4.78, 5) is 0. The molecule has 0 spiro atoms. The van der Waals surface area contributed by atoms with Crippen LogP contribution in [0.2, 0.25) is 0 Å². The van der Waals surface area contributed by atoms with Crippen LogP contribution in [-0.2, 0) is 23.1 Å². The minimum atomic E-state index is -0.961. The molecular formula is C12H18FNOS. The van der Waals surface area contributed by atoms with Crippen LogP contribution in [0.1, 0.15) is 30.9 Å². The largest absolute Gasteiger partial charge is 0.326 e. The van der Waals surface area contributed by atoms with Crippen molar-refractivity contribution in [1.82, 2.24) is 0 Å². The van der Waals surface area contributed by atoms with Crippen LogP contribution in [0.15, 0.2) is 18.2 Å². The maximum absolute atomic E-state index is 13.5. The van der Waals surface area contributed by atoms with Crippen molar-refractivity contribution in [3.8, 4) is 0 Å². The van der Waals surface area contributed by atoms with E-state index in [0.29, 0.717) is 23.6 Å². The van der Waals surface area contributed by atoms with Crippen molar-refractivity contribution in [2.75, 3.05) is 5.75 Å². The smallest absolute Gasteiger partial charge is 0.127 e. The summed E-state index contributed by atoms with van der Waals surface area (Å²) in [5, 5.41) is 0. The lowest BCUT2D eigenvalue weighted by atomic mass is 10.1. The molecule has 0 amide bonds. The molecule has 0 radical (unpaired) electrons. The highest BCUT2D eigenvalue weighted by molar-refractivity contribution is 7.84. The Morgan fingerprint density at radius 3 is 2.75 bits per heavy atom. The van der Waals surface area contributed by atoms with Crippen LogP contribution in [0.3, 0.4) is 0 Å². The van der Waals surface area contributed by atoms with Gasteiger partial charge in [-0.25, -0.2) is 4.39 Å². The maximum Gasteiger partial charge on any atom is 0.127 e. The summed E-state index contributed by atoms with van der Waals surface area (Å²) in [6, 6.07) is 4.89. The second kappa shape index (κ2) is 6.76. The number of nitrogens with two attached hydrogens (primary N) is 1. The molecule has 0 fully saturated rings. The molecule has 1 rings (SSSR count). The molecule has 0 saturated heterocycles. The Balaban J connectivity index is 2.63. The maximum atomic E-state index is 13.5. The summed E-state index contributed by atoms with van der Waals surface area (Å²) in [5.41, 5.74) is 6.69. The summed E-state index contributed by atoms with van der Waals surface area (Å²) in [5.74, 6) is 0.651. The molecule has 2 nitrogen and oxygen atoms in total. The van der Waals surface area contributed by atoms with Gasteiger partial charge in [-0.05, 0) is 18.1 Å². The van der Waals surface area contributed by atoms with E-state index >= 15 is 0 Å². The quantitative estimate of drug-likeness (QED) is 0.833. The molecule has 1 atom stereocenters. The van der Waals surface area contributed by atoms with Crippen molar-refractivity contribution in [2.45, 2.75) is 32.1 Å². The van der Waals surface area contributed by atoms with Crippen molar-refractivity contribution in [1.29, 1.82) is 0 Å². The molecule has 1 aromatic rings. The van der Waals surface area contributed by atoms with Crippen molar-refractivity contribution < 1.29 is 8.60 Å². The minimum Gasteiger partial charge on any atom is -0.326 e. The number of halogens is 1. The Hall–Kier alpha value is -0.740. The Labute approximate surface area is 98.5 Å². The van der Waals surface area contributed by atoms with E-state index in [1.165, 1.54) is 6.07 Å². The highest BCUT2D eigenvalue weighted by Gasteiger charge is 2.07. The van der Waals surface area contributed by atoms with Crippen molar-refractivity contribution in [2.24, 2.45) is 5.73 Å². The van der Waals surface area contributed by atoms with E-state index in [2.05, 4.69) is 0 Å². The Kier molecular flexibility index (Phi) is 5.63. The van der Waals surface area contributed by atoms with Gasteiger partial charge in [0.05, 0.1) is 5.75 Å². The van der Waals surface area contributed by atoms with Gasteiger partial charge in [0.2, 0.25) is 0 Å². The van der Waals surface area contributed by atoms with Gasteiger partial charge in [-0.3, -0.25) is 4.21 Å². The first-order chi connectivity index (χ1) is 7.67. The third-order valence-electron chi connectivity index (χ3n) is 2.40. The van der Waals surface area contributed by atoms with Gasteiger partial charge in [0.1, 0.15) is 5.82 Å². The third kappa shape index (κ3) is 4.02. The zero-order valence-electron chi connectivity index (χ0n) is 9.54. The van der Waals surface area contributed by atoms with E-state index in [1.54, 1.807) is 12.1 Å². The zero-order chi connectivity index (χ0) is 12.0. The fraction of sp³-hybridized carbons (Fsp3) is 0.500. The van der Waals surface area contributed by atoms with Gasteiger partial charge in [-0.1, -0.05) is 25.5 Å². The van der Waals surface area contributed by atoms with Gasteiger partial charge in [-0.2, -0.15) is 0 Å². The molecule has 0 aliphatic carbocycles. The number of rotatable bonds is 6. The van der Waals surface area contributed by atoms with Crippen LogP contribution in [-0.4, -0.2) is 9.96 Å². The summed E-state index contributed by atoms with van der Waals surface area (Å²) in [7, 11) is -0.961. The zero-order valence-corrected chi connectivity index (χ0v) is 10.4. The van der Waals surface area contributed by atoms with Crippen molar-refractivity contribution >= 4 is 10.8 Å². The number of unbranched alkanes of at least 4 members (excludes halogenated alkanes) is 1. The molecule has 0 heterocycles. The van der Waals surface area contributed by atoms with Gasteiger partial charge in [0.25, 0.3) is 0 Å². The molecule has 4 heteroatoms. The molecule has 0 saturated carbocycles. The SMILES string of the molecule is CCCCS(=O)Cc1ccc(CN)cc1F. The summed E-state index contributed by atoms with van der Waals surface area (Å²) in [6.45, 7) is 2.38. The lowest BCUT2D eigenvalue weighted by molar-refractivity contribution is 0.612. The van der Waals surface area contributed by atoms with Crippen molar-refractivity contribution in [3.05, 3.63) is 35.1 Å². The Morgan fingerprint density at radius 2 is 2.19 bits per heavy atom. The second-order valence-corrected chi connectivity index (χ2v) is 5.35. The van der Waals surface area contributed by atoms with Crippen LogP contribution in [0.5, 0.6) is 0 Å². The standard InChI is InChI=1S/C12H18FNOS/c1-2-3-6-16(15)9-11-5-4-10(8-14)7-12(11)13/h4-5,7H,2-3,6,8-9,14H2,1H3. The predicted octanol–water partition coefficient (Wildman–Crippen LogP) is 2.33. The molecule has 0 aromatic heterocycles. The van der Waals surface area contributed by atoms with Crippen LogP contribution >= 0.6 is 0 Å². The number of hydrogen-bond acceptors (Lipinski definition) is 2. The number of benzene rings is 1. The van der Waals surface area contributed by atoms with E-state index in [9.17, 15) is 8.60 Å². The number of hydrogen-bond donors (Lipinski definition) is 1. The van der Waals surface area contributed by atoms with Gasteiger partial charge < -0.3 is 5.73 Å². The summed E-state index contributed by atoms with van der Waals surface area (Å²) < 4.78 is 25.1. The lowest BCUT2D eigenvalue weighted by Crippen LogP contribution is -2.04. The highest BCUT2D eigenvalue weighted by atomic mass is 32.2. The topological polar surface area (TPSA) is 43.1 Å². The van der Waals surface area contributed by atoms with Gasteiger partial charge in [0, 0.05) is 28.7 Å². The average Bonchev–Trinajstić information content (AvgIpc) is 2.29. The third-order valence-corrected chi connectivity index (χ3v) is 3.77. The second-order valence-electron chi connectivity index (χ2n) is 3.77. The molecule has 90 valence electrons. The first-order valence-electron chi connectivity index (χ1n) is 5.49. The lowest BCUT2D eigenvalue weighted by Gasteiger charge is -2.05. The predicted molar refractivity (Wildman–Crippen MR) is 65.9 cm³/mol.